The van der Waals surface area contributed by atoms with Crippen LogP contribution >= 0.6 is 35.7 Å². The quantitative estimate of drug-likeness (QED) is 0.300. The van der Waals surface area contributed by atoms with Crippen LogP contribution in [0.25, 0.3) is 0 Å². The number of halogens is 1. The van der Waals surface area contributed by atoms with Gasteiger partial charge in [0, 0.05) is 57.0 Å². The normalized spacial score (nSPS) is 19.3. The van der Waals surface area contributed by atoms with Gasteiger partial charge in [-0.3, -0.25) is 4.99 Å². The van der Waals surface area contributed by atoms with Crippen LogP contribution in [0, 0.1) is 0 Å². The van der Waals surface area contributed by atoms with E-state index in [9.17, 15) is 8.42 Å². The number of nitrogens with one attached hydrogen (secondary N) is 2. The molecule has 170 valence electrons. The van der Waals surface area contributed by atoms with Crippen molar-refractivity contribution in [2.75, 3.05) is 61.9 Å². The second kappa shape index (κ2) is 12.4. The molecular formula is C20H34IN5O2S2. The van der Waals surface area contributed by atoms with E-state index >= 15 is 0 Å². The molecule has 1 aromatic carbocycles. The van der Waals surface area contributed by atoms with Gasteiger partial charge >= 0.3 is 0 Å². The number of hydrogen-bond acceptors (Lipinski definition) is 5. The lowest BCUT2D eigenvalue weighted by atomic mass is 10.1. The summed E-state index contributed by atoms with van der Waals surface area (Å²) in [5.41, 5.74) is 2.46. The molecule has 1 atom stereocenters. The van der Waals surface area contributed by atoms with Crippen LogP contribution in [-0.2, 0) is 10.0 Å². The molecule has 2 N–H and O–H groups in total. The average molecular weight is 568 g/mol. The summed E-state index contributed by atoms with van der Waals surface area (Å²) in [6.45, 7) is 5.91. The average Bonchev–Trinajstić information content (AvgIpc) is 3.28. The highest BCUT2D eigenvalue weighted by atomic mass is 127. The minimum atomic E-state index is -3.21. The number of rotatable bonds is 7. The van der Waals surface area contributed by atoms with Crippen molar-refractivity contribution in [1.29, 1.82) is 0 Å². The SMILES string of the molecule is CN=C(NCCS(=O)(=O)N1CCSCC1)NC(C)c1cccc(N2CCCC2)c1.I. The zero-order valence-electron chi connectivity index (χ0n) is 17.8. The van der Waals surface area contributed by atoms with Crippen molar-refractivity contribution in [3.8, 4) is 0 Å². The first-order valence-corrected chi connectivity index (χ1v) is 13.1. The number of guanidine groups is 1. The Morgan fingerprint density at radius 2 is 1.90 bits per heavy atom. The Kier molecular flexibility index (Phi) is 10.5. The summed E-state index contributed by atoms with van der Waals surface area (Å²) >= 11 is 1.81. The summed E-state index contributed by atoms with van der Waals surface area (Å²) in [6.07, 6.45) is 2.52. The summed E-state index contributed by atoms with van der Waals surface area (Å²) in [5, 5.41) is 6.53. The third kappa shape index (κ3) is 7.16. The fraction of sp³-hybridized carbons (Fsp3) is 0.650. The predicted octanol–water partition coefficient (Wildman–Crippen LogP) is 2.51. The Morgan fingerprint density at radius 3 is 2.57 bits per heavy atom. The van der Waals surface area contributed by atoms with Crippen LogP contribution in [-0.4, -0.2) is 75.7 Å². The lowest BCUT2D eigenvalue weighted by Gasteiger charge is -2.26. The van der Waals surface area contributed by atoms with Crippen molar-refractivity contribution >= 4 is 57.4 Å². The lowest BCUT2D eigenvalue weighted by Crippen LogP contribution is -2.44. The Labute approximate surface area is 202 Å². The molecule has 3 rings (SSSR count). The monoisotopic (exact) mass is 567 g/mol. The highest BCUT2D eigenvalue weighted by Gasteiger charge is 2.23. The topological polar surface area (TPSA) is 77.0 Å². The molecule has 2 fully saturated rings. The maximum atomic E-state index is 12.5. The van der Waals surface area contributed by atoms with E-state index in [2.05, 4.69) is 51.7 Å². The molecule has 2 heterocycles. The second-order valence-corrected chi connectivity index (χ2v) is 10.8. The number of hydrogen-bond donors (Lipinski definition) is 2. The van der Waals surface area contributed by atoms with Crippen LogP contribution in [0.1, 0.15) is 31.4 Å². The van der Waals surface area contributed by atoms with Crippen molar-refractivity contribution in [1.82, 2.24) is 14.9 Å². The molecule has 2 saturated heterocycles. The number of anilines is 1. The van der Waals surface area contributed by atoms with Crippen LogP contribution in [0.15, 0.2) is 29.3 Å². The van der Waals surface area contributed by atoms with Crippen LogP contribution in [0.3, 0.4) is 0 Å². The van der Waals surface area contributed by atoms with Crippen LogP contribution in [0.2, 0.25) is 0 Å². The van der Waals surface area contributed by atoms with E-state index in [1.54, 1.807) is 23.1 Å². The molecule has 0 amide bonds. The van der Waals surface area contributed by atoms with E-state index in [0.717, 1.165) is 24.6 Å². The minimum absolute atomic E-state index is 0. The number of aliphatic imine (C=N–C) groups is 1. The fourth-order valence-electron chi connectivity index (χ4n) is 3.70. The van der Waals surface area contributed by atoms with Crippen LogP contribution < -0.4 is 15.5 Å². The molecule has 2 aliphatic rings. The zero-order chi connectivity index (χ0) is 20.7. The van der Waals surface area contributed by atoms with E-state index in [1.807, 2.05) is 0 Å². The Hall–Kier alpha value is -0.720. The van der Waals surface area contributed by atoms with E-state index in [4.69, 9.17) is 0 Å². The predicted molar refractivity (Wildman–Crippen MR) is 139 cm³/mol. The van der Waals surface area contributed by atoms with E-state index in [1.165, 1.54) is 24.1 Å². The van der Waals surface area contributed by atoms with Crippen LogP contribution in [0.5, 0.6) is 0 Å². The van der Waals surface area contributed by atoms with Gasteiger partial charge in [-0.2, -0.15) is 11.8 Å². The van der Waals surface area contributed by atoms with Crippen molar-refractivity contribution in [2.45, 2.75) is 25.8 Å². The molecule has 1 unspecified atom stereocenters. The first-order valence-electron chi connectivity index (χ1n) is 10.4. The molecular weight excluding hydrogens is 533 g/mol. The van der Waals surface area contributed by atoms with E-state index in [0.29, 0.717) is 25.6 Å². The number of benzene rings is 1. The van der Waals surface area contributed by atoms with Crippen LogP contribution in [0.4, 0.5) is 5.69 Å². The molecule has 0 radical (unpaired) electrons. The number of sulfonamides is 1. The maximum Gasteiger partial charge on any atom is 0.215 e. The lowest BCUT2D eigenvalue weighted by molar-refractivity contribution is 0.443. The summed E-state index contributed by atoms with van der Waals surface area (Å²) in [4.78, 5) is 6.68. The molecule has 2 aliphatic heterocycles. The highest BCUT2D eigenvalue weighted by molar-refractivity contribution is 14.0. The maximum absolute atomic E-state index is 12.5. The summed E-state index contributed by atoms with van der Waals surface area (Å²) in [6, 6.07) is 8.68. The van der Waals surface area contributed by atoms with Gasteiger partial charge in [0.25, 0.3) is 0 Å². The van der Waals surface area contributed by atoms with Gasteiger partial charge in [0.1, 0.15) is 0 Å². The van der Waals surface area contributed by atoms with Crippen molar-refractivity contribution in [3.05, 3.63) is 29.8 Å². The first-order chi connectivity index (χ1) is 14.0. The molecule has 0 spiro atoms. The van der Waals surface area contributed by atoms with Gasteiger partial charge in [-0.05, 0) is 37.5 Å². The third-order valence-electron chi connectivity index (χ3n) is 5.43. The zero-order valence-corrected chi connectivity index (χ0v) is 21.8. The van der Waals surface area contributed by atoms with Gasteiger partial charge in [-0.15, -0.1) is 24.0 Å². The van der Waals surface area contributed by atoms with Gasteiger partial charge in [-0.1, -0.05) is 12.1 Å². The molecule has 7 nitrogen and oxygen atoms in total. The van der Waals surface area contributed by atoms with Crippen molar-refractivity contribution in [3.63, 3.8) is 0 Å². The molecule has 30 heavy (non-hydrogen) atoms. The molecule has 0 bridgehead atoms. The van der Waals surface area contributed by atoms with Gasteiger partial charge < -0.3 is 15.5 Å². The smallest absolute Gasteiger partial charge is 0.215 e. The molecule has 1 aromatic rings. The van der Waals surface area contributed by atoms with Gasteiger partial charge in [0.2, 0.25) is 10.0 Å². The summed E-state index contributed by atoms with van der Waals surface area (Å²) in [5.74, 6) is 2.46. The molecule has 0 aromatic heterocycles. The summed E-state index contributed by atoms with van der Waals surface area (Å²) < 4.78 is 26.6. The van der Waals surface area contributed by atoms with E-state index < -0.39 is 10.0 Å². The van der Waals surface area contributed by atoms with Crippen molar-refractivity contribution in [2.24, 2.45) is 4.99 Å². The minimum Gasteiger partial charge on any atom is -0.372 e. The Bertz CT molecular complexity index is 794. The van der Waals surface area contributed by atoms with Crippen molar-refractivity contribution < 1.29 is 8.42 Å². The first kappa shape index (κ1) is 25.5. The Morgan fingerprint density at radius 1 is 1.20 bits per heavy atom. The molecule has 0 saturated carbocycles. The van der Waals surface area contributed by atoms with E-state index in [-0.39, 0.29) is 35.8 Å². The largest absolute Gasteiger partial charge is 0.372 e. The molecule has 0 aliphatic carbocycles. The van der Waals surface area contributed by atoms with Gasteiger partial charge in [0.05, 0.1) is 11.8 Å². The van der Waals surface area contributed by atoms with Gasteiger partial charge in [-0.25, -0.2) is 12.7 Å². The standard InChI is InChI=1S/C20H33N5O2S2.HI/c1-17(18-6-5-7-19(16-18)24-9-3-4-10-24)23-20(21-2)22-8-15-29(26,27)25-11-13-28-14-12-25;/h5-7,16-17H,3-4,8-15H2,1-2H3,(H2,21,22,23);1H. The number of nitrogens with zero attached hydrogens (tertiary/aromatic N) is 3. The van der Waals surface area contributed by atoms with Gasteiger partial charge in [0.15, 0.2) is 5.96 Å². The third-order valence-corrected chi connectivity index (χ3v) is 8.25. The molecule has 10 heteroatoms. The number of thioether (sulfide) groups is 1. The Balaban J connectivity index is 0.00000320. The second-order valence-electron chi connectivity index (χ2n) is 7.48. The fourth-order valence-corrected chi connectivity index (χ4v) is 6.19. The highest BCUT2D eigenvalue weighted by Crippen LogP contribution is 2.24. The summed E-state index contributed by atoms with van der Waals surface area (Å²) in [7, 11) is -1.51.